The topological polar surface area (TPSA) is 20.3 Å². The van der Waals surface area contributed by atoms with Gasteiger partial charge < -0.3 is 4.90 Å². The van der Waals surface area contributed by atoms with Crippen LogP contribution in [0.5, 0.6) is 0 Å². The summed E-state index contributed by atoms with van der Waals surface area (Å²) in [6.07, 6.45) is 0. The molecular formula is C15H11BrF3NO. The molecule has 0 N–H and O–H groups in total. The molecule has 0 heterocycles. The molecule has 0 fully saturated rings. The number of amides is 1. The third kappa shape index (κ3) is 3.44. The molecule has 2 aromatic rings. The van der Waals surface area contributed by atoms with Crippen LogP contribution in [0.15, 0.2) is 40.9 Å². The summed E-state index contributed by atoms with van der Waals surface area (Å²) in [4.78, 5) is 13.5. The van der Waals surface area contributed by atoms with Crippen molar-refractivity contribution >= 4 is 21.8 Å². The van der Waals surface area contributed by atoms with E-state index < -0.39 is 23.4 Å². The number of carbonyl (C=O) groups excluding carboxylic acids is 1. The van der Waals surface area contributed by atoms with Gasteiger partial charge in [0.15, 0.2) is 11.6 Å². The predicted octanol–water partition coefficient (Wildman–Crippen LogP) is 4.14. The second kappa shape index (κ2) is 6.30. The van der Waals surface area contributed by atoms with Gasteiger partial charge in [0, 0.05) is 13.6 Å². The van der Waals surface area contributed by atoms with Gasteiger partial charge in [-0.25, -0.2) is 13.2 Å². The fourth-order valence-corrected chi connectivity index (χ4v) is 2.29. The van der Waals surface area contributed by atoms with Gasteiger partial charge in [-0.1, -0.05) is 12.1 Å². The van der Waals surface area contributed by atoms with Gasteiger partial charge in [-0.15, -0.1) is 0 Å². The number of rotatable bonds is 3. The van der Waals surface area contributed by atoms with Gasteiger partial charge in [-0.2, -0.15) is 0 Å². The average Bonchev–Trinajstić information content (AvgIpc) is 2.45. The molecule has 2 nitrogen and oxygen atoms in total. The molecule has 0 unspecified atom stereocenters. The van der Waals surface area contributed by atoms with E-state index in [0.717, 1.165) is 12.1 Å². The van der Waals surface area contributed by atoms with Gasteiger partial charge in [0.2, 0.25) is 0 Å². The SMILES string of the molecule is CN(Cc1ccc(F)c(F)c1)C(=O)c1cccc(F)c1Br. The number of carbonyl (C=O) groups is 1. The Kier molecular flexibility index (Phi) is 4.67. The van der Waals surface area contributed by atoms with Crippen LogP contribution >= 0.6 is 15.9 Å². The van der Waals surface area contributed by atoms with Crippen molar-refractivity contribution in [3.63, 3.8) is 0 Å². The molecule has 6 heteroatoms. The molecule has 0 aliphatic carbocycles. The quantitative estimate of drug-likeness (QED) is 0.808. The first-order chi connectivity index (χ1) is 9.90. The van der Waals surface area contributed by atoms with Gasteiger partial charge in [-0.05, 0) is 45.8 Å². The van der Waals surface area contributed by atoms with Crippen LogP contribution in [-0.2, 0) is 6.54 Å². The Bertz CT molecular complexity index is 691. The van der Waals surface area contributed by atoms with Crippen LogP contribution in [-0.4, -0.2) is 17.9 Å². The molecule has 0 radical (unpaired) electrons. The van der Waals surface area contributed by atoms with Crippen LogP contribution < -0.4 is 0 Å². The number of hydrogen-bond acceptors (Lipinski definition) is 1. The molecule has 0 spiro atoms. The minimum atomic E-state index is -0.972. The van der Waals surface area contributed by atoms with E-state index in [1.165, 1.54) is 36.2 Å². The summed E-state index contributed by atoms with van der Waals surface area (Å²) < 4.78 is 39.5. The molecule has 1 amide bonds. The summed E-state index contributed by atoms with van der Waals surface area (Å²) >= 11 is 3.02. The van der Waals surface area contributed by atoms with Gasteiger partial charge in [0.25, 0.3) is 5.91 Å². The standard InChI is InChI=1S/C15H11BrF3NO/c1-20(8-9-5-6-11(17)13(19)7-9)15(21)10-3-2-4-12(18)14(10)16/h2-7H,8H2,1H3. The van der Waals surface area contributed by atoms with E-state index in [9.17, 15) is 18.0 Å². The van der Waals surface area contributed by atoms with Gasteiger partial charge in [0.1, 0.15) is 5.82 Å². The molecule has 0 saturated carbocycles. The zero-order chi connectivity index (χ0) is 15.6. The monoisotopic (exact) mass is 357 g/mol. The van der Waals surface area contributed by atoms with E-state index >= 15 is 0 Å². The Morgan fingerprint density at radius 2 is 1.81 bits per heavy atom. The van der Waals surface area contributed by atoms with E-state index in [1.807, 2.05) is 0 Å². The van der Waals surface area contributed by atoms with Crippen LogP contribution in [0.25, 0.3) is 0 Å². The van der Waals surface area contributed by atoms with E-state index in [1.54, 1.807) is 0 Å². The van der Waals surface area contributed by atoms with Crippen molar-refractivity contribution in [2.45, 2.75) is 6.54 Å². The smallest absolute Gasteiger partial charge is 0.255 e. The van der Waals surface area contributed by atoms with E-state index in [4.69, 9.17) is 0 Å². The number of benzene rings is 2. The molecular weight excluding hydrogens is 347 g/mol. The van der Waals surface area contributed by atoms with Crippen LogP contribution in [0.1, 0.15) is 15.9 Å². The Balaban J connectivity index is 2.19. The van der Waals surface area contributed by atoms with E-state index in [-0.39, 0.29) is 16.6 Å². The Hall–Kier alpha value is -1.82. The molecule has 0 aliphatic rings. The predicted molar refractivity (Wildman–Crippen MR) is 76.3 cm³/mol. The molecule has 2 aromatic carbocycles. The van der Waals surface area contributed by atoms with Crippen molar-refractivity contribution in [2.75, 3.05) is 7.05 Å². The van der Waals surface area contributed by atoms with Crippen molar-refractivity contribution in [2.24, 2.45) is 0 Å². The molecule has 0 bridgehead atoms. The minimum Gasteiger partial charge on any atom is -0.337 e. The second-order valence-electron chi connectivity index (χ2n) is 4.51. The molecule has 110 valence electrons. The molecule has 0 saturated heterocycles. The maximum Gasteiger partial charge on any atom is 0.255 e. The first-order valence-electron chi connectivity index (χ1n) is 6.03. The molecule has 21 heavy (non-hydrogen) atoms. The lowest BCUT2D eigenvalue weighted by Crippen LogP contribution is -2.26. The fourth-order valence-electron chi connectivity index (χ4n) is 1.86. The summed E-state index contributed by atoms with van der Waals surface area (Å²) in [7, 11) is 1.50. The van der Waals surface area contributed by atoms with E-state index in [0.29, 0.717) is 5.56 Å². The normalized spacial score (nSPS) is 10.5. The lowest BCUT2D eigenvalue weighted by Gasteiger charge is -2.18. The van der Waals surface area contributed by atoms with Crippen LogP contribution in [0.4, 0.5) is 13.2 Å². The van der Waals surface area contributed by atoms with Crippen molar-refractivity contribution in [3.8, 4) is 0 Å². The number of nitrogens with zero attached hydrogens (tertiary/aromatic N) is 1. The zero-order valence-electron chi connectivity index (χ0n) is 11.0. The van der Waals surface area contributed by atoms with Crippen molar-refractivity contribution in [1.29, 1.82) is 0 Å². The highest BCUT2D eigenvalue weighted by molar-refractivity contribution is 9.10. The summed E-state index contributed by atoms with van der Waals surface area (Å²) in [5, 5.41) is 0. The Morgan fingerprint density at radius 1 is 1.10 bits per heavy atom. The Labute approximate surface area is 128 Å². The number of hydrogen-bond donors (Lipinski definition) is 0. The lowest BCUT2D eigenvalue weighted by molar-refractivity contribution is 0.0783. The summed E-state index contributed by atoms with van der Waals surface area (Å²) in [5.74, 6) is -2.88. The molecule has 0 atom stereocenters. The maximum absolute atomic E-state index is 13.4. The van der Waals surface area contributed by atoms with Crippen LogP contribution in [0.3, 0.4) is 0 Å². The first kappa shape index (κ1) is 15.6. The average molecular weight is 358 g/mol. The zero-order valence-corrected chi connectivity index (χ0v) is 12.6. The van der Waals surface area contributed by atoms with Crippen molar-refractivity contribution < 1.29 is 18.0 Å². The highest BCUT2D eigenvalue weighted by atomic mass is 79.9. The van der Waals surface area contributed by atoms with Crippen LogP contribution in [0.2, 0.25) is 0 Å². The number of halogens is 4. The lowest BCUT2D eigenvalue weighted by atomic mass is 10.1. The van der Waals surface area contributed by atoms with Gasteiger partial charge in [0.05, 0.1) is 10.0 Å². The highest BCUT2D eigenvalue weighted by Gasteiger charge is 2.17. The molecule has 0 aliphatic heterocycles. The Morgan fingerprint density at radius 3 is 2.48 bits per heavy atom. The van der Waals surface area contributed by atoms with Gasteiger partial charge >= 0.3 is 0 Å². The minimum absolute atomic E-state index is 0.0761. The van der Waals surface area contributed by atoms with E-state index in [2.05, 4.69) is 15.9 Å². The van der Waals surface area contributed by atoms with Crippen LogP contribution in [0, 0.1) is 17.5 Å². The second-order valence-corrected chi connectivity index (χ2v) is 5.30. The summed E-state index contributed by atoms with van der Waals surface area (Å²) in [6.45, 7) is 0.0823. The summed E-state index contributed by atoms with van der Waals surface area (Å²) in [6, 6.07) is 7.57. The molecule has 0 aromatic heterocycles. The largest absolute Gasteiger partial charge is 0.337 e. The summed E-state index contributed by atoms with van der Waals surface area (Å²) in [5.41, 5.74) is 0.609. The first-order valence-corrected chi connectivity index (χ1v) is 6.83. The fraction of sp³-hybridized carbons (Fsp3) is 0.133. The van der Waals surface area contributed by atoms with Crippen molar-refractivity contribution in [3.05, 3.63) is 69.4 Å². The van der Waals surface area contributed by atoms with Crippen molar-refractivity contribution in [1.82, 2.24) is 4.90 Å². The third-order valence-electron chi connectivity index (χ3n) is 2.93. The molecule has 2 rings (SSSR count). The maximum atomic E-state index is 13.4. The van der Waals surface area contributed by atoms with Gasteiger partial charge in [-0.3, -0.25) is 4.79 Å². The highest BCUT2D eigenvalue weighted by Crippen LogP contribution is 2.22. The third-order valence-corrected chi connectivity index (χ3v) is 3.74.